The van der Waals surface area contributed by atoms with Crippen LogP contribution in [-0.4, -0.2) is 49.6 Å². The van der Waals surface area contributed by atoms with Crippen LogP contribution in [-0.2, 0) is 36.0 Å². The van der Waals surface area contributed by atoms with E-state index in [1.165, 1.54) is 12.1 Å². The molecule has 3 aromatic rings. The van der Waals surface area contributed by atoms with Gasteiger partial charge in [0.15, 0.2) is 9.84 Å². The molecule has 0 radical (unpaired) electrons. The van der Waals surface area contributed by atoms with E-state index < -0.39 is 37.6 Å². The molecule has 2 amide bonds. The minimum absolute atomic E-state index is 0. The summed E-state index contributed by atoms with van der Waals surface area (Å²) in [5, 5.41) is 8.81. The average Bonchev–Trinajstić information content (AvgIpc) is 3.81. The van der Waals surface area contributed by atoms with Gasteiger partial charge in [0.1, 0.15) is 5.82 Å². The molecule has 0 saturated heterocycles. The van der Waals surface area contributed by atoms with Gasteiger partial charge in [0.25, 0.3) is 10.0 Å². The van der Waals surface area contributed by atoms with E-state index in [9.17, 15) is 26.4 Å². The fourth-order valence-electron chi connectivity index (χ4n) is 3.98. The first-order chi connectivity index (χ1) is 20.2. The van der Waals surface area contributed by atoms with Gasteiger partial charge in [-0.2, -0.15) is 4.98 Å². The van der Waals surface area contributed by atoms with Crippen LogP contribution in [0.15, 0.2) is 59.6 Å². The summed E-state index contributed by atoms with van der Waals surface area (Å²) in [5.74, 6) is -1.25. The monoisotopic (exact) mass is 652 g/mol. The first-order valence-electron chi connectivity index (χ1n) is 13.9. The minimum Gasteiger partial charge on any atom is -1.00 e. The quantitative estimate of drug-likeness (QED) is 0.192. The normalized spacial score (nSPS) is 13.8. The van der Waals surface area contributed by atoms with Crippen molar-refractivity contribution in [2.75, 3.05) is 16.4 Å². The van der Waals surface area contributed by atoms with Gasteiger partial charge in [0.05, 0.1) is 15.9 Å². The van der Waals surface area contributed by atoms with Gasteiger partial charge in [-0.25, -0.2) is 26.5 Å². The van der Waals surface area contributed by atoms with Gasteiger partial charge in [-0.15, -0.1) is 0 Å². The molecule has 0 spiro atoms. The number of rotatable bonds is 13. The van der Waals surface area contributed by atoms with Crippen molar-refractivity contribution in [3.8, 4) is 0 Å². The maximum Gasteiger partial charge on any atom is 1.00 e. The first-order valence-corrected chi connectivity index (χ1v) is 17.1. The van der Waals surface area contributed by atoms with Crippen LogP contribution < -0.4 is 50.2 Å². The van der Waals surface area contributed by atoms with Crippen molar-refractivity contribution >= 4 is 54.8 Å². The molecule has 232 valence electrons. The SMILES string of the molecule is Cc1cnc(Nc2ccc(S(=O)(=O)NC(=O)C(C)C)cc2)nc1Nc1ccc(CNC(=O)C(C)CS(=O)(=O)C2CC2)cc1.[H-].[Na+]. The van der Waals surface area contributed by atoms with Gasteiger partial charge in [-0.1, -0.05) is 32.9 Å². The van der Waals surface area contributed by atoms with Gasteiger partial charge in [-0.3, -0.25) is 9.59 Å². The third-order valence-electron chi connectivity index (χ3n) is 6.80. The Morgan fingerprint density at radius 2 is 1.50 bits per heavy atom. The van der Waals surface area contributed by atoms with Gasteiger partial charge in [-0.05, 0) is 61.7 Å². The van der Waals surface area contributed by atoms with E-state index in [0.717, 1.165) is 16.8 Å². The number of nitrogens with zero attached hydrogens (tertiary/aromatic N) is 2. The van der Waals surface area contributed by atoms with Crippen LogP contribution in [0.2, 0.25) is 0 Å². The first kappa shape index (κ1) is 35.4. The third kappa shape index (κ3) is 9.73. The molecule has 1 heterocycles. The zero-order chi connectivity index (χ0) is 31.4. The van der Waals surface area contributed by atoms with Crippen LogP contribution in [0.4, 0.5) is 23.1 Å². The molecule has 15 heteroatoms. The van der Waals surface area contributed by atoms with E-state index in [4.69, 9.17) is 0 Å². The maximum absolute atomic E-state index is 12.4. The number of hydrogen-bond donors (Lipinski definition) is 4. The molecule has 1 aromatic heterocycles. The zero-order valence-corrected chi connectivity index (χ0v) is 29.1. The number of sulfone groups is 1. The summed E-state index contributed by atoms with van der Waals surface area (Å²) >= 11 is 0. The van der Waals surface area contributed by atoms with Gasteiger partial charge >= 0.3 is 29.6 Å². The second-order valence-electron chi connectivity index (χ2n) is 11.0. The van der Waals surface area contributed by atoms with Crippen molar-refractivity contribution in [1.82, 2.24) is 20.0 Å². The number of anilines is 4. The molecule has 2 aromatic carbocycles. The Kier molecular flexibility index (Phi) is 11.9. The molecule has 0 aliphatic heterocycles. The second kappa shape index (κ2) is 14.8. The van der Waals surface area contributed by atoms with Crippen LogP contribution in [0.25, 0.3) is 0 Å². The van der Waals surface area contributed by atoms with E-state index in [1.54, 1.807) is 39.1 Å². The summed E-state index contributed by atoms with van der Waals surface area (Å²) < 4.78 is 51.2. The molecular weight excluding hydrogens is 615 g/mol. The minimum atomic E-state index is -3.97. The molecule has 1 fully saturated rings. The molecule has 0 bridgehead atoms. The van der Waals surface area contributed by atoms with E-state index in [2.05, 4.69) is 30.6 Å². The standard InChI is InChI=1S/C29H36N6O6S2.Na.H/c1-18(2)27(36)35-43(40,41)25-11-9-23(10-12-25)33-29-31-15-19(3)26(34-29)32-22-7-5-21(6-8-22)16-30-28(37)20(4)17-42(38,39)24-13-14-24;;/h5-12,15,18,20,24H,13-14,16-17H2,1-4H3,(H,30,37)(H,35,36)(H2,31,32,33,34);;/q;+1;-1. The predicted molar refractivity (Wildman–Crippen MR) is 165 cm³/mol. The van der Waals surface area contributed by atoms with E-state index in [1.807, 2.05) is 31.2 Å². The number of carbonyl (C=O) groups is 2. The maximum atomic E-state index is 12.4. The van der Waals surface area contributed by atoms with Crippen molar-refractivity contribution in [3.05, 3.63) is 65.9 Å². The van der Waals surface area contributed by atoms with Crippen LogP contribution in [0, 0.1) is 18.8 Å². The van der Waals surface area contributed by atoms with Crippen molar-refractivity contribution in [2.45, 2.75) is 57.2 Å². The Bertz CT molecular complexity index is 1700. The Morgan fingerprint density at radius 1 is 0.909 bits per heavy atom. The number of benzene rings is 2. The number of hydrogen-bond acceptors (Lipinski definition) is 10. The number of sulfonamides is 1. The largest absolute Gasteiger partial charge is 1.00 e. The van der Waals surface area contributed by atoms with Crippen molar-refractivity contribution < 1.29 is 57.4 Å². The molecule has 1 atom stereocenters. The van der Waals surface area contributed by atoms with E-state index in [0.29, 0.717) is 24.3 Å². The van der Waals surface area contributed by atoms with Crippen LogP contribution >= 0.6 is 0 Å². The van der Waals surface area contributed by atoms with Gasteiger partial charge < -0.3 is 17.4 Å². The van der Waals surface area contributed by atoms with Crippen LogP contribution in [0.5, 0.6) is 0 Å². The summed E-state index contributed by atoms with van der Waals surface area (Å²) in [5.41, 5.74) is 2.95. The Labute approximate surface area is 282 Å². The fraction of sp³-hybridized carbons (Fsp3) is 0.379. The zero-order valence-electron chi connectivity index (χ0n) is 26.4. The fourth-order valence-corrected chi connectivity index (χ4v) is 7.07. The molecule has 4 rings (SSSR count). The summed E-state index contributed by atoms with van der Waals surface area (Å²) in [4.78, 5) is 33.0. The van der Waals surface area contributed by atoms with Crippen molar-refractivity contribution in [2.24, 2.45) is 11.8 Å². The van der Waals surface area contributed by atoms with Gasteiger partial charge in [0, 0.05) is 41.5 Å². The smallest absolute Gasteiger partial charge is 1.00 e. The number of nitrogens with one attached hydrogen (secondary N) is 4. The predicted octanol–water partition coefficient (Wildman–Crippen LogP) is 0.679. The number of aryl methyl sites for hydroxylation is 1. The van der Waals surface area contributed by atoms with Crippen molar-refractivity contribution in [3.63, 3.8) is 0 Å². The number of carbonyl (C=O) groups excluding carboxylic acids is 2. The summed E-state index contributed by atoms with van der Waals surface area (Å²) in [7, 11) is -7.18. The Hall–Kier alpha value is -3.04. The Balaban J connectivity index is 0.00000353. The number of amides is 2. The summed E-state index contributed by atoms with van der Waals surface area (Å²) in [6.07, 6.45) is 3.02. The molecular formula is C29H37N6NaO6S2. The average molecular weight is 653 g/mol. The summed E-state index contributed by atoms with van der Waals surface area (Å²) in [6.45, 7) is 6.97. The van der Waals surface area contributed by atoms with Crippen molar-refractivity contribution in [1.29, 1.82) is 0 Å². The molecule has 44 heavy (non-hydrogen) atoms. The van der Waals surface area contributed by atoms with Gasteiger partial charge in [0.2, 0.25) is 17.8 Å². The summed E-state index contributed by atoms with van der Waals surface area (Å²) in [6, 6.07) is 13.2. The molecule has 12 nitrogen and oxygen atoms in total. The van der Waals surface area contributed by atoms with E-state index >= 15 is 0 Å². The van der Waals surface area contributed by atoms with Crippen LogP contribution in [0.3, 0.4) is 0 Å². The molecule has 1 aliphatic carbocycles. The second-order valence-corrected chi connectivity index (χ2v) is 15.0. The van der Waals surface area contributed by atoms with Crippen LogP contribution in [0.1, 0.15) is 46.2 Å². The topological polar surface area (TPSA) is 176 Å². The molecule has 1 unspecified atom stereocenters. The third-order valence-corrected chi connectivity index (χ3v) is 10.6. The molecule has 1 saturated carbocycles. The Morgan fingerprint density at radius 3 is 2.09 bits per heavy atom. The van der Waals surface area contributed by atoms with E-state index in [-0.39, 0.29) is 65.3 Å². The number of aromatic nitrogens is 2. The molecule has 1 aliphatic rings. The molecule has 4 N–H and O–H groups in total.